The number of likely N-dealkylation sites (tertiary alicyclic amines) is 1. The number of sulfonamides is 1. The Kier molecular flexibility index (Phi) is 5.79. The van der Waals surface area contributed by atoms with Gasteiger partial charge in [0.2, 0.25) is 15.9 Å². The fourth-order valence-electron chi connectivity index (χ4n) is 2.38. The summed E-state index contributed by atoms with van der Waals surface area (Å²) < 4.78 is 32.0. The summed E-state index contributed by atoms with van der Waals surface area (Å²) in [6.45, 7) is 4.08. The van der Waals surface area contributed by atoms with Crippen LogP contribution in [0.5, 0.6) is 5.75 Å². The molecule has 0 saturated carbocycles. The molecule has 2 rings (SSSR count). The van der Waals surface area contributed by atoms with Crippen LogP contribution in [0.2, 0.25) is 0 Å². The standard InChI is InChI=1S/C15H22N2O4S/c1-2-21-13-5-7-14(8-6-13)22(19,20)16-10-9-15(18)17-11-3-4-12-17/h5-8,16H,2-4,9-12H2,1H3. The molecular formula is C15H22N2O4S. The average Bonchev–Trinajstić information content (AvgIpc) is 3.02. The second kappa shape index (κ2) is 7.60. The molecule has 0 atom stereocenters. The lowest BCUT2D eigenvalue weighted by atomic mass is 10.3. The zero-order valence-electron chi connectivity index (χ0n) is 12.7. The SMILES string of the molecule is CCOc1ccc(S(=O)(=O)NCCC(=O)N2CCCC2)cc1. The molecule has 1 aliphatic heterocycles. The van der Waals surface area contributed by atoms with E-state index in [2.05, 4.69) is 4.72 Å². The van der Waals surface area contributed by atoms with Gasteiger partial charge in [-0.05, 0) is 44.0 Å². The van der Waals surface area contributed by atoms with E-state index in [1.165, 1.54) is 12.1 Å². The van der Waals surface area contributed by atoms with Crippen LogP contribution in [0.1, 0.15) is 26.2 Å². The van der Waals surface area contributed by atoms with Crippen LogP contribution in [0, 0.1) is 0 Å². The van der Waals surface area contributed by atoms with Crippen LogP contribution < -0.4 is 9.46 Å². The molecule has 1 N–H and O–H groups in total. The molecule has 1 fully saturated rings. The fraction of sp³-hybridized carbons (Fsp3) is 0.533. The molecule has 0 unspecified atom stereocenters. The van der Waals surface area contributed by atoms with Gasteiger partial charge >= 0.3 is 0 Å². The normalized spacial score (nSPS) is 15.0. The Morgan fingerprint density at radius 1 is 1.23 bits per heavy atom. The first kappa shape index (κ1) is 16.8. The molecular weight excluding hydrogens is 304 g/mol. The smallest absolute Gasteiger partial charge is 0.240 e. The van der Waals surface area contributed by atoms with Gasteiger partial charge in [0.15, 0.2) is 0 Å². The maximum Gasteiger partial charge on any atom is 0.240 e. The van der Waals surface area contributed by atoms with Crippen molar-refractivity contribution >= 4 is 15.9 Å². The first-order valence-corrected chi connectivity index (χ1v) is 9.01. The summed E-state index contributed by atoms with van der Waals surface area (Å²) in [5.41, 5.74) is 0. The van der Waals surface area contributed by atoms with Crippen molar-refractivity contribution in [3.8, 4) is 5.75 Å². The lowest BCUT2D eigenvalue weighted by Gasteiger charge is -2.15. The second-order valence-corrected chi connectivity index (χ2v) is 6.91. The van der Waals surface area contributed by atoms with E-state index in [-0.39, 0.29) is 23.8 Å². The molecule has 1 heterocycles. The van der Waals surface area contributed by atoms with Gasteiger partial charge in [0.1, 0.15) is 5.75 Å². The second-order valence-electron chi connectivity index (χ2n) is 5.14. The number of hydrogen-bond acceptors (Lipinski definition) is 4. The van der Waals surface area contributed by atoms with E-state index in [0.717, 1.165) is 25.9 Å². The Morgan fingerprint density at radius 2 is 1.86 bits per heavy atom. The Hall–Kier alpha value is -1.60. The van der Waals surface area contributed by atoms with Crippen LogP contribution in [0.25, 0.3) is 0 Å². The summed E-state index contributed by atoms with van der Waals surface area (Å²) in [7, 11) is -3.59. The van der Waals surface area contributed by atoms with Crippen molar-refractivity contribution in [2.45, 2.75) is 31.1 Å². The minimum atomic E-state index is -3.59. The zero-order chi connectivity index (χ0) is 16.0. The third kappa shape index (κ3) is 4.45. The molecule has 1 aromatic carbocycles. The maximum absolute atomic E-state index is 12.1. The number of carbonyl (C=O) groups is 1. The Morgan fingerprint density at radius 3 is 2.45 bits per heavy atom. The van der Waals surface area contributed by atoms with Crippen molar-refractivity contribution < 1.29 is 17.9 Å². The third-order valence-corrected chi connectivity index (χ3v) is 5.01. The molecule has 0 aliphatic carbocycles. The molecule has 0 spiro atoms. The van der Waals surface area contributed by atoms with Gasteiger partial charge in [0.05, 0.1) is 11.5 Å². The first-order chi connectivity index (χ1) is 10.5. The summed E-state index contributed by atoms with van der Waals surface area (Å²) in [5.74, 6) is 0.637. The number of benzene rings is 1. The Balaban J connectivity index is 1.86. The molecule has 1 amide bonds. The summed E-state index contributed by atoms with van der Waals surface area (Å²) in [6.07, 6.45) is 2.25. The fourth-order valence-corrected chi connectivity index (χ4v) is 3.41. The highest BCUT2D eigenvalue weighted by atomic mass is 32.2. The summed E-state index contributed by atoms with van der Waals surface area (Å²) in [6, 6.07) is 6.23. The number of carbonyl (C=O) groups excluding carboxylic acids is 1. The Bertz CT molecular complexity index is 592. The van der Waals surface area contributed by atoms with Crippen LogP contribution in [-0.2, 0) is 14.8 Å². The minimum absolute atomic E-state index is 0.00638. The monoisotopic (exact) mass is 326 g/mol. The van der Waals surface area contributed by atoms with Crippen molar-refractivity contribution in [1.29, 1.82) is 0 Å². The zero-order valence-corrected chi connectivity index (χ0v) is 13.6. The van der Waals surface area contributed by atoms with E-state index in [9.17, 15) is 13.2 Å². The highest BCUT2D eigenvalue weighted by Gasteiger charge is 2.19. The van der Waals surface area contributed by atoms with E-state index in [4.69, 9.17) is 4.74 Å². The topological polar surface area (TPSA) is 75.7 Å². The summed E-state index contributed by atoms with van der Waals surface area (Å²) in [4.78, 5) is 13.8. The number of amides is 1. The summed E-state index contributed by atoms with van der Waals surface area (Å²) in [5, 5.41) is 0. The van der Waals surface area contributed by atoms with Gasteiger partial charge in [-0.2, -0.15) is 0 Å². The van der Waals surface area contributed by atoms with Gasteiger partial charge in [-0.15, -0.1) is 0 Å². The van der Waals surface area contributed by atoms with E-state index in [1.54, 1.807) is 17.0 Å². The minimum Gasteiger partial charge on any atom is -0.494 e. The predicted octanol–water partition coefficient (Wildman–Crippen LogP) is 1.38. The van der Waals surface area contributed by atoms with Gasteiger partial charge in [0, 0.05) is 26.1 Å². The molecule has 22 heavy (non-hydrogen) atoms. The van der Waals surface area contributed by atoms with Gasteiger partial charge in [-0.3, -0.25) is 4.79 Å². The molecule has 0 radical (unpaired) electrons. The number of hydrogen-bond donors (Lipinski definition) is 1. The highest BCUT2D eigenvalue weighted by Crippen LogP contribution is 2.16. The van der Waals surface area contributed by atoms with Gasteiger partial charge in [-0.1, -0.05) is 0 Å². The quantitative estimate of drug-likeness (QED) is 0.821. The molecule has 0 bridgehead atoms. The number of rotatable bonds is 7. The van der Waals surface area contributed by atoms with E-state index >= 15 is 0 Å². The number of ether oxygens (including phenoxy) is 1. The largest absolute Gasteiger partial charge is 0.494 e. The average molecular weight is 326 g/mol. The maximum atomic E-state index is 12.1. The van der Waals surface area contributed by atoms with Crippen molar-refractivity contribution in [1.82, 2.24) is 9.62 Å². The van der Waals surface area contributed by atoms with Crippen molar-refractivity contribution in [3.05, 3.63) is 24.3 Å². The summed E-state index contributed by atoms with van der Waals surface area (Å²) >= 11 is 0. The van der Waals surface area contributed by atoms with E-state index in [1.807, 2.05) is 6.92 Å². The molecule has 1 saturated heterocycles. The lowest BCUT2D eigenvalue weighted by Crippen LogP contribution is -2.32. The molecule has 6 nitrogen and oxygen atoms in total. The van der Waals surface area contributed by atoms with Gasteiger partial charge < -0.3 is 9.64 Å². The van der Waals surface area contributed by atoms with Crippen molar-refractivity contribution in [2.24, 2.45) is 0 Å². The first-order valence-electron chi connectivity index (χ1n) is 7.53. The third-order valence-electron chi connectivity index (χ3n) is 3.53. The van der Waals surface area contributed by atoms with Crippen LogP contribution in [-0.4, -0.2) is 45.5 Å². The van der Waals surface area contributed by atoms with Gasteiger partial charge in [-0.25, -0.2) is 13.1 Å². The number of nitrogens with zero attached hydrogens (tertiary/aromatic N) is 1. The molecule has 122 valence electrons. The van der Waals surface area contributed by atoms with Gasteiger partial charge in [0.25, 0.3) is 0 Å². The molecule has 1 aromatic rings. The number of nitrogens with one attached hydrogen (secondary N) is 1. The van der Waals surface area contributed by atoms with Crippen LogP contribution >= 0.6 is 0 Å². The molecule has 1 aliphatic rings. The van der Waals surface area contributed by atoms with Crippen LogP contribution in [0.4, 0.5) is 0 Å². The van der Waals surface area contributed by atoms with Crippen LogP contribution in [0.3, 0.4) is 0 Å². The van der Waals surface area contributed by atoms with E-state index < -0.39 is 10.0 Å². The lowest BCUT2D eigenvalue weighted by molar-refractivity contribution is -0.129. The van der Waals surface area contributed by atoms with Crippen LogP contribution in [0.15, 0.2) is 29.2 Å². The highest BCUT2D eigenvalue weighted by molar-refractivity contribution is 7.89. The van der Waals surface area contributed by atoms with Crippen molar-refractivity contribution in [3.63, 3.8) is 0 Å². The van der Waals surface area contributed by atoms with E-state index in [0.29, 0.717) is 12.4 Å². The van der Waals surface area contributed by atoms with Crippen molar-refractivity contribution in [2.75, 3.05) is 26.2 Å². The molecule has 0 aromatic heterocycles. The molecule has 7 heteroatoms. The predicted molar refractivity (Wildman–Crippen MR) is 83.2 cm³/mol. The Labute approximate surface area is 131 Å².